The van der Waals surface area contributed by atoms with Crippen molar-refractivity contribution in [3.63, 3.8) is 0 Å². The van der Waals surface area contributed by atoms with Crippen LogP contribution >= 0.6 is 0 Å². The number of carboxylic acid groups (broad SMARTS) is 2. The van der Waals surface area contributed by atoms with Crippen LogP contribution in [0.2, 0.25) is 0 Å². The molecule has 0 saturated carbocycles. The predicted octanol–water partition coefficient (Wildman–Crippen LogP) is 2.02. The van der Waals surface area contributed by atoms with Gasteiger partial charge in [0.05, 0.1) is 7.11 Å². The highest BCUT2D eigenvalue weighted by molar-refractivity contribution is 5.80. The molecule has 0 aliphatic carbocycles. The summed E-state index contributed by atoms with van der Waals surface area (Å²) in [5.74, 6) is -1.59. The Morgan fingerprint density at radius 3 is 2.25 bits per heavy atom. The molecule has 5 N–H and O–H groups in total. The van der Waals surface area contributed by atoms with Crippen molar-refractivity contribution in [2.24, 2.45) is 5.73 Å². The molecule has 0 aliphatic heterocycles. The number of methoxy groups -OCH3 is 1. The molecule has 0 amide bonds. The van der Waals surface area contributed by atoms with Gasteiger partial charge in [0, 0.05) is 5.69 Å². The van der Waals surface area contributed by atoms with E-state index in [0.29, 0.717) is 22.6 Å². The van der Waals surface area contributed by atoms with Gasteiger partial charge in [-0.3, -0.25) is 4.79 Å². The zero-order valence-corrected chi connectivity index (χ0v) is 13.0. The van der Waals surface area contributed by atoms with Gasteiger partial charge in [0.25, 0.3) is 0 Å². The first kappa shape index (κ1) is 17.3. The molecule has 0 aliphatic rings. The highest BCUT2D eigenvalue weighted by Crippen LogP contribution is 2.24. The second kappa shape index (κ2) is 7.47. The number of ether oxygens (including phenoxy) is 1. The van der Waals surface area contributed by atoms with Gasteiger partial charge in [-0.1, -0.05) is 24.3 Å². The van der Waals surface area contributed by atoms with E-state index in [1.807, 2.05) is 0 Å². The van der Waals surface area contributed by atoms with E-state index in [1.165, 1.54) is 13.2 Å². The van der Waals surface area contributed by atoms with Crippen molar-refractivity contribution in [2.75, 3.05) is 12.4 Å². The molecule has 0 heterocycles. The van der Waals surface area contributed by atoms with Gasteiger partial charge >= 0.3 is 11.9 Å². The standard InChI is InChI=1S/C17H18N2O5/c1-24-13-7-5-10(6-8-13)15(17(22)23)19-12-4-2-3-11(9-12)14(18)16(20)21/h2-9,14-15,19H,18H2,1H3,(H,20,21)(H,22,23). The highest BCUT2D eigenvalue weighted by Gasteiger charge is 2.21. The summed E-state index contributed by atoms with van der Waals surface area (Å²) in [6.45, 7) is 0. The lowest BCUT2D eigenvalue weighted by Crippen LogP contribution is -2.22. The van der Waals surface area contributed by atoms with Gasteiger partial charge in [-0.25, -0.2) is 4.79 Å². The number of anilines is 1. The molecule has 0 bridgehead atoms. The van der Waals surface area contributed by atoms with Crippen LogP contribution in [0.3, 0.4) is 0 Å². The minimum atomic E-state index is -1.17. The molecule has 2 unspecified atom stereocenters. The zero-order chi connectivity index (χ0) is 17.7. The van der Waals surface area contributed by atoms with E-state index in [-0.39, 0.29) is 0 Å². The van der Waals surface area contributed by atoms with E-state index in [2.05, 4.69) is 5.32 Å². The van der Waals surface area contributed by atoms with E-state index < -0.39 is 24.0 Å². The average molecular weight is 330 g/mol. The van der Waals surface area contributed by atoms with Gasteiger partial charge < -0.3 is 26.0 Å². The van der Waals surface area contributed by atoms with E-state index in [4.69, 9.17) is 15.6 Å². The molecule has 0 fully saturated rings. The Morgan fingerprint density at radius 2 is 1.71 bits per heavy atom. The quantitative estimate of drug-likeness (QED) is 0.612. The van der Waals surface area contributed by atoms with E-state index in [1.54, 1.807) is 42.5 Å². The lowest BCUT2D eigenvalue weighted by atomic mass is 10.0. The van der Waals surface area contributed by atoms with E-state index in [0.717, 1.165) is 0 Å². The normalized spacial score (nSPS) is 12.9. The Morgan fingerprint density at radius 1 is 1.04 bits per heavy atom. The van der Waals surface area contributed by atoms with Crippen LogP contribution in [0.5, 0.6) is 5.75 Å². The van der Waals surface area contributed by atoms with Gasteiger partial charge in [-0.2, -0.15) is 0 Å². The Balaban J connectivity index is 2.26. The lowest BCUT2D eigenvalue weighted by molar-refractivity contribution is -0.139. The second-order valence-corrected chi connectivity index (χ2v) is 5.13. The fourth-order valence-electron chi connectivity index (χ4n) is 2.22. The Kier molecular flexibility index (Phi) is 5.39. The summed E-state index contributed by atoms with van der Waals surface area (Å²) < 4.78 is 5.05. The third-order valence-corrected chi connectivity index (χ3v) is 3.52. The molecule has 126 valence electrons. The van der Waals surface area contributed by atoms with Crippen molar-refractivity contribution in [1.29, 1.82) is 0 Å². The van der Waals surface area contributed by atoms with Gasteiger partial charge in [0.15, 0.2) is 6.04 Å². The van der Waals surface area contributed by atoms with Crippen LogP contribution in [0.25, 0.3) is 0 Å². The molecular weight excluding hydrogens is 312 g/mol. The monoisotopic (exact) mass is 330 g/mol. The van der Waals surface area contributed by atoms with Crippen molar-refractivity contribution in [3.8, 4) is 5.75 Å². The molecule has 0 spiro atoms. The molecule has 24 heavy (non-hydrogen) atoms. The number of nitrogens with one attached hydrogen (secondary N) is 1. The summed E-state index contributed by atoms with van der Waals surface area (Å²) >= 11 is 0. The zero-order valence-electron chi connectivity index (χ0n) is 13.0. The molecule has 2 rings (SSSR count). The van der Waals surface area contributed by atoms with Crippen molar-refractivity contribution in [1.82, 2.24) is 0 Å². The Bertz CT molecular complexity index is 730. The molecule has 0 radical (unpaired) electrons. The predicted molar refractivity (Wildman–Crippen MR) is 88.0 cm³/mol. The molecule has 7 heteroatoms. The van der Waals surface area contributed by atoms with Crippen molar-refractivity contribution >= 4 is 17.6 Å². The summed E-state index contributed by atoms with van der Waals surface area (Å²) in [5.41, 5.74) is 6.97. The van der Waals surface area contributed by atoms with Gasteiger partial charge in [0.1, 0.15) is 11.8 Å². The molecule has 0 aromatic heterocycles. The highest BCUT2D eigenvalue weighted by atomic mass is 16.5. The summed E-state index contributed by atoms with van der Waals surface area (Å²) in [6.07, 6.45) is 0. The van der Waals surface area contributed by atoms with Crippen LogP contribution in [0.15, 0.2) is 48.5 Å². The number of rotatable bonds is 7. The van der Waals surface area contributed by atoms with Crippen LogP contribution in [0.4, 0.5) is 5.69 Å². The minimum absolute atomic E-state index is 0.381. The lowest BCUT2D eigenvalue weighted by Gasteiger charge is -2.18. The number of hydrogen-bond acceptors (Lipinski definition) is 5. The minimum Gasteiger partial charge on any atom is -0.497 e. The largest absolute Gasteiger partial charge is 0.497 e. The molecule has 0 saturated heterocycles. The number of benzene rings is 2. The maximum atomic E-state index is 11.6. The molecule has 7 nitrogen and oxygen atoms in total. The molecule has 2 atom stereocenters. The smallest absolute Gasteiger partial charge is 0.330 e. The molecular formula is C17H18N2O5. The van der Waals surface area contributed by atoms with Crippen molar-refractivity contribution in [2.45, 2.75) is 12.1 Å². The number of nitrogens with two attached hydrogens (primary N) is 1. The first-order valence-electron chi connectivity index (χ1n) is 7.14. The maximum Gasteiger partial charge on any atom is 0.330 e. The SMILES string of the molecule is COc1ccc(C(Nc2cccc(C(N)C(=O)O)c2)C(=O)O)cc1. The molecule has 2 aromatic rings. The fraction of sp³-hybridized carbons (Fsp3) is 0.176. The van der Waals surface area contributed by atoms with Crippen LogP contribution in [-0.4, -0.2) is 29.3 Å². The van der Waals surface area contributed by atoms with Gasteiger partial charge in [-0.05, 0) is 35.4 Å². The number of aliphatic carboxylic acids is 2. The van der Waals surface area contributed by atoms with E-state index in [9.17, 15) is 14.7 Å². The van der Waals surface area contributed by atoms with Crippen LogP contribution in [0.1, 0.15) is 23.2 Å². The maximum absolute atomic E-state index is 11.6. The van der Waals surface area contributed by atoms with E-state index >= 15 is 0 Å². The fourth-order valence-corrected chi connectivity index (χ4v) is 2.22. The Labute approximate surface area is 138 Å². The summed E-state index contributed by atoms with van der Waals surface area (Å²) in [5, 5.41) is 21.3. The average Bonchev–Trinajstić information content (AvgIpc) is 2.59. The van der Waals surface area contributed by atoms with Crippen LogP contribution in [0, 0.1) is 0 Å². The number of carboxylic acids is 2. The van der Waals surface area contributed by atoms with Crippen LogP contribution in [-0.2, 0) is 9.59 Å². The Hall–Kier alpha value is -3.06. The number of carbonyl (C=O) groups is 2. The van der Waals surface area contributed by atoms with Gasteiger partial charge in [0.2, 0.25) is 0 Å². The second-order valence-electron chi connectivity index (χ2n) is 5.13. The summed E-state index contributed by atoms with van der Waals surface area (Å²) in [4.78, 5) is 22.5. The van der Waals surface area contributed by atoms with Crippen LogP contribution < -0.4 is 15.8 Å². The third-order valence-electron chi connectivity index (χ3n) is 3.52. The number of hydrogen-bond donors (Lipinski definition) is 4. The first-order valence-corrected chi connectivity index (χ1v) is 7.14. The molecule has 2 aromatic carbocycles. The summed E-state index contributed by atoms with van der Waals surface area (Å²) in [6, 6.07) is 10.8. The summed E-state index contributed by atoms with van der Waals surface area (Å²) in [7, 11) is 1.53. The van der Waals surface area contributed by atoms with Crippen molar-refractivity contribution in [3.05, 3.63) is 59.7 Å². The first-order chi connectivity index (χ1) is 11.4. The third kappa shape index (κ3) is 4.02. The van der Waals surface area contributed by atoms with Crippen molar-refractivity contribution < 1.29 is 24.5 Å². The topological polar surface area (TPSA) is 122 Å². The van der Waals surface area contributed by atoms with Gasteiger partial charge in [-0.15, -0.1) is 0 Å².